The fraction of sp³-hybridized carbons (Fsp3) is 0.150. The van der Waals surface area contributed by atoms with Gasteiger partial charge in [0, 0.05) is 39.3 Å². The zero-order chi connectivity index (χ0) is 18.1. The van der Waals surface area contributed by atoms with Gasteiger partial charge in [0.25, 0.3) is 0 Å². The molecule has 0 bridgehead atoms. The highest BCUT2D eigenvalue weighted by atomic mass is 127. The molecular weight excluding hydrogens is 477 g/mol. The van der Waals surface area contributed by atoms with Crippen LogP contribution in [0.25, 0.3) is 0 Å². The quantitative estimate of drug-likeness (QED) is 0.373. The molecule has 1 N–H and O–H groups in total. The van der Waals surface area contributed by atoms with Crippen LogP contribution >= 0.6 is 46.4 Å². The van der Waals surface area contributed by atoms with Gasteiger partial charge in [-0.2, -0.15) is 0 Å². The topological polar surface area (TPSA) is 20.2 Å². The summed E-state index contributed by atoms with van der Waals surface area (Å²) in [6.45, 7) is 1.77. The molecule has 6 heteroatoms. The SMILES string of the molecule is S=C(Nc1ccc(I)cc1)N1CCn2cccc2[C@@H]1c1ccc(Cl)cc1. The molecule has 0 unspecified atom stereocenters. The van der Waals surface area contributed by atoms with E-state index in [-0.39, 0.29) is 6.04 Å². The molecule has 0 spiro atoms. The number of rotatable bonds is 2. The minimum atomic E-state index is 0.0693. The first-order valence-corrected chi connectivity index (χ1v) is 10.2. The largest absolute Gasteiger partial charge is 0.348 e. The van der Waals surface area contributed by atoms with Crippen molar-refractivity contribution < 1.29 is 0 Å². The summed E-state index contributed by atoms with van der Waals surface area (Å²) >= 11 is 14.2. The molecule has 1 aliphatic rings. The molecule has 0 saturated carbocycles. The van der Waals surface area contributed by atoms with Crippen LogP contribution in [0.15, 0.2) is 66.9 Å². The molecule has 1 atom stereocenters. The van der Waals surface area contributed by atoms with E-state index in [2.05, 4.69) is 92.1 Å². The Hall–Kier alpha value is -1.57. The van der Waals surface area contributed by atoms with Crippen LogP contribution in [-0.4, -0.2) is 21.1 Å². The van der Waals surface area contributed by atoms with E-state index in [9.17, 15) is 0 Å². The van der Waals surface area contributed by atoms with E-state index in [4.69, 9.17) is 23.8 Å². The summed E-state index contributed by atoms with van der Waals surface area (Å²) in [6, 6.07) is 20.6. The Morgan fingerprint density at radius 3 is 2.50 bits per heavy atom. The predicted octanol–water partition coefficient (Wildman–Crippen LogP) is 5.55. The molecule has 26 heavy (non-hydrogen) atoms. The molecule has 0 amide bonds. The second kappa shape index (κ2) is 7.58. The molecule has 1 aliphatic heterocycles. The normalized spacial score (nSPS) is 16.2. The summed E-state index contributed by atoms with van der Waals surface area (Å²) in [4.78, 5) is 2.26. The molecule has 0 radical (unpaired) electrons. The number of halogens is 2. The van der Waals surface area contributed by atoms with Crippen molar-refractivity contribution in [3.8, 4) is 0 Å². The maximum atomic E-state index is 6.09. The minimum absolute atomic E-state index is 0.0693. The maximum absolute atomic E-state index is 6.09. The molecule has 3 nitrogen and oxygen atoms in total. The van der Waals surface area contributed by atoms with Crippen molar-refractivity contribution in [2.75, 3.05) is 11.9 Å². The third kappa shape index (κ3) is 3.61. The van der Waals surface area contributed by atoms with Gasteiger partial charge in [-0.05, 0) is 88.9 Å². The lowest BCUT2D eigenvalue weighted by molar-refractivity contribution is 0.293. The van der Waals surface area contributed by atoms with Crippen molar-refractivity contribution in [2.24, 2.45) is 0 Å². The molecule has 2 aromatic carbocycles. The molecule has 2 heterocycles. The van der Waals surface area contributed by atoms with Crippen LogP contribution in [-0.2, 0) is 6.54 Å². The average Bonchev–Trinajstić information content (AvgIpc) is 3.12. The fourth-order valence-electron chi connectivity index (χ4n) is 3.33. The van der Waals surface area contributed by atoms with Gasteiger partial charge >= 0.3 is 0 Å². The van der Waals surface area contributed by atoms with E-state index in [1.165, 1.54) is 14.8 Å². The van der Waals surface area contributed by atoms with E-state index in [1.54, 1.807) is 0 Å². The van der Waals surface area contributed by atoms with Gasteiger partial charge in [0.05, 0.1) is 6.04 Å². The summed E-state index contributed by atoms with van der Waals surface area (Å²) in [6.07, 6.45) is 2.13. The zero-order valence-electron chi connectivity index (χ0n) is 13.9. The van der Waals surface area contributed by atoms with Gasteiger partial charge in [-0.25, -0.2) is 0 Å². The van der Waals surface area contributed by atoms with Crippen molar-refractivity contribution in [1.29, 1.82) is 0 Å². The van der Waals surface area contributed by atoms with Crippen LogP contribution in [0.4, 0.5) is 5.69 Å². The molecule has 0 fully saturated rings. The predicted molar refractivity (Wildman–Crippen MR) is 120 cm³/mol. The molecular formula is C20H17ClIN3S. The van der Waals surface area contributed by atoms with Gasteiger partial charge in [0.2, 0.25) is 0 Å². The molecule has 4 rings (SSSR count). The van der Waals surface area contributed by atoms with Crippen molar-refractivity contribution in [2.45, 2.75) is 12.6 Å². The number of thiocarbonyl (C=S) groups is 1. The first-order valence-electron chi connectivity index (χ1n) is 8.35. The molecule has 132 valence electrons. The first-order chi connectivity index (χ1) is 12.6. The number of nitrogens with zero attached hydrogens (tertiary/aromatic N) is 2. The average molecular weight is 494 g/mol. The van der Waals surface area contributed by atoms with Gasteiger partial charge in [-0.1, -0.05) is 23.7 Å². The summed E-state index contributed by atoms with van der Waals surface area (Å²) in [5.41, 5.74) is 3.43. The van der Waals surface area contributed by atoms with Crippen LogP contribution < -0.4 is 5.32 Å². The second-order valence-corrected chi connectivity index (χ2v) is 8.28. The number of anilines is 1. The Balaban J connectivity index is 1.66. The van der Waals surface area contributed by atoms with E-state index >= 15 is 0 Å². The molecule has 0 aliphatic carbocycles. The standard InChI is InChI=1S/C20H17ClIN3S/c21-15-5-3-14(4-6-15)19-18-2-1-11-24(18)12-13-25(19)20(26)23-17-9-7-16(22)8-10-17/h1-11,19H,12-13H2,(H,23,26)/t19-/m0/s1. The Morgan fingerprint density at radius 1 is 1.04 bits per heavy atom. The summed E-state index contributed by atoms with van der Waals surface area (Å²) in [7, 11) is 0. The summed E-state index contributed by atoms with van der Waals surface area (Å²) in [5, 5.41) is 4.87. The highest BCUT2D eigenvalue weighted by Gasteiger charge is 2.30. The van der Waals surface area contributed by atoms with E-state index in [1.807, 2.05) is 12.1 Å². The first kappa shape index (κ1) is 17.8. The van der Waals surface area contributed by atoms with Gasteiger partial charge in [-0.3, -0.25) is 0 Å². The fourth-order valence-corrected chi connectivity index (χ4v) is 4.13. The highest BCUT2D eigenvalue weighted by Crippen LogP contribution is 2.33. The number of nitrogens with one attached hydrogen (secondary N) is 1. The minimum Gasteiger partial charge on any atom is -0.348 e. The number of fused-ring (bicyclic) bond motifs is 1. The monoisotopic (exact) mass is 493 g/mol. The Labute approximate surface area is 177 Å². The van der Waals surface area contributed by atoms with Crippen molar-refractivity contribution in [3.63, 3.8) is 0 Å². The van der Waals surface area contributed by atoms with Crippen molar-refractivity contribution in [1.82, 2.24) is 9.47 Å². The number of aromatic nitrogens is 1. The third-order valence-corrected chi connectivity index (χ3v) is 5.89. The smallest absolute Gasteiger partial charge is 0.174 e. The lowest BCUT2D eigenvalue weighted by atomic mass is 10.0. The van der Waals surface area contributed by atoms with E-state index in [0.717, 1.165) is 28.9 Å². The van der Waals surface area contributed by atoms with Gasteiger partial charge in [0.1, 0.15) is 0 Å². The Morgan fingerprint density at radius 2 is 1.77 bits per heavy atom. The van der Waals surface area contributed by atoms with Gasteiger partial charge in [0.15, 0.2) is 5.11 Å². The Kier molecular flexibility index (Phi) is 5.20. The lowest BCUT2D eigenvalue weighted by Gasteiger charge is -2.39. The molecule has 3 aromatic rings. The highest BCUT2D eigenvalue weighted by molar-refractivity contribution is 14.1. The number of hydrogen-bond donors (Lipinski definition) is 1. The van der Waals surface area contributed by atoms with Crippen LogP contribution in [0, 0.1) is 3.57 Å². The lowest BCUT2D eigenvalue weighted by Crippen LogP contribution is -2.44. The van der Waals surface area contributed by atoms with Crippen LogP contribution in [0.5, 0.6) is 0 Å². The van der Waals surface area contributed by atoms with Crippen molar-refractivity contribution >= 4 is 57.2 Å². The van der Waals surface area contributed by atoms with E-state index < -0.39 is 0 Å². The maximum Gasteiger partial charge on any atom is 0.174 e. The molecule has 1 aromatic heterocycles. The summed E-state index contributed by atoms with van der Waals surface area (Å²) < 4.78 is 3.50. The third-order valence-electron chi connectivity index (χ3n) is 4.58. The number of benzene rings is 2. The van der Waals surface area contributed by atoms with Gasteiger partial charge < -0.3 is 14.8 Å². The number of hydrogen-bond acceptors (Lipinski definition) is 1. The van der Waals surface area contributed by atoms with E-state index in [0.29, 0.717) is 0 Å². The second-order valence-electron chi connectivity index (χ2n) is 6.21. The van der Waals surface area contributed by atoms with Crippen LogP contribution in [0.3, 0.4) is 0 Å². The zero-order valence-corrected chi connectivity index (χ0v) is 17.6. The summed E-state index contributed by atoms with van der Waals surface area (Å²) in [5.74, 6) is 0. The van der Waals surface area contributed by atoms with Crippen LogP contribution in [0.2, 0.25) is 5.02 Å². The Bertz CT molecular complexity index is 921. The van der Waals surface area contributed by atoms with Crippen LogP contribution in [0.1, 0.15) is 17.3 Å². The van der Waals surface area contributed by atoms with Crippen molar-refractivity contribution in [3.05, 3.63) is 86.7 Å². The van der Waals surface area contributed by atoms with Gasteiger partial charge in [-0.15, -0.1) is 0 Å². The molecule has 0 saturated heterocycles.